The Morgan fingerprint density at radius 2 is 2.31 bits per heavy atom. The molecule has 0 radical (unpaired) electrons. The van der Waals surface area contributed by atoms with Crippen LogP contribution in [-0.4, -0.2) is 18.7 Å². The Bertz CT molecular complexity index is 368. The standard InChI is InChI=1S/C12H15BrFNO/c1-8(7-15-9-2-3-9)16-10-4-5-12(14)11(13)6-10/h4-6,8-9,15H,2-3,7H2,1H3. The quantitative estimate of drug-likeness (QED) is 0.899. The van der Waals surface area contributed by atoms with Crippen LogP contribution in [0.3, 0.4) is 0 Å². The summed E-state index contributed by atoms with van der Waals surface area (Å²) in [4.78, 5) is 0. The number of ether oxygens (including phenoxy) is 1. The van der Waals surface area contributed by atoms with Crippen LogP contribution in [-0.2, 0) is 0 Å². The first-order chi connectivity index (χ1) is 7.65. The van der Waals surface area contributed by atoms with Gasteiger partial charge in [0.15, 0.2) is 0 Å². The summed E-state index contributed by atoms with van der Waals surface area (Å²) in [6.07, 6.45) is 2.64. The fourth-order valence-corrected chi connectivity index (χ4v) is 1.80. The molecule has 1 aromatic rings. The van der Waals surface area contributed by atoms with Gasteiger partial charge in [-0.05, 0) is 53.9 Å². The number of halogens is 2. The van der Waals surface area contributed by atoms with Crippen LogP contribution in [0.25, 0.3) is 0 Å². The van der Waals surface area contributed by atoms with Crippen LogP contribution < -0.4 is 10.1 Å². The van der Waals surface area contributed by atoms with Gasteiger partial charge >= 0.3 is 0 Å². The average Bonchev–Trinajstić information content (AvgIpc) is 3.04. The molecule has 16 heavy (non-hydrogen) atoms. The molecule has 1 N–H and O–H groups in total. The molecule has 1 saturated carbocycles. The summed E-state index contributed by atoms with van der Waals surface area (Å²) >= 11 is 3.14. The second-order valence-electron chi connectivity index (χ2n) is 4.19. The van der Waals surface area contributed by atoms with E-state index >= 15 is 0 Å². The molecule has 1 aliphatic rings. The van der Waals surface area contributed by atoms with E-state index in [1.807, 2.05) is 6.92 Å². The monoisotopic (exact) mass is 287 g/mol. The Balaban J connectivity index is 1.84. The van der Waals surface area contributed by atoms with Crippen LogP contribution in [0.4, 0.5) is 4.39 Å². The van der Waals surface area contributed by atoms with Crippen molar-refractivity contribution in [2.45, 2.75) is 31.9 Å². The Hall–Kier alpha value is -0.610. The van der Waals surface area contributed by atoms with Crippen molar-refractivity contribution in [2.24, 2.45) is 0 Å². The van der Waals surface area contributed by atoms with Crippen molar-refractivity contribution in [3.63, 3.8) is 0 Å². The number of nitrogens with one attached hydrogen (secondary N) is 1. The fourth-order valence-electron chi connectivity index (χ4n) is 1.44. The van der Waals surface area contributed by atoms with Crippen LogP contribution in [0.15, 0.2) is 22.7 Å². The third kappa shape index (κ3) is 3.46. The molecule has 88 valence electrons. The minimum atomic E-state index is -0.267. The van der Waals surface area contributed by atoms with E-state index in [9.17, 15) is 4.39 Å². The lowest BCUT2D eigenvalue weighted by molar-refractivity contribution is 0.216. The SMILES string of the molecule is CC(CNC1CC1)Oc1ccc(F)c(Br)c1. The summed E-state index contributed by atoms with van der Waals surface area (Å²) in [5, 5.41) is 3.39. The normalized spacial score (nSPS) is 17.2. The first-order valence-corrected chi connectivity index (χ1v) is 6.29. The summed E-state index contributed by atoms with van der Waals surface area (Å²) in [7, 11) is 0. The van der Waals surface area contributed by atoms with Gasteiger partial charge in [0.1, 0.15) is 17.7 Å². The van der Waals surface area contributed by atoms with Crippen molar-refractivity contribution in [1.29, 1.82) is 0 Å². The van der Waals surface area contributed by atoms with Gasteiger partial charge < -0.3 is 10.1 Å². The Morgan fingerprint density at radius 3 is 2.94 bits per heavy atom. The molecule has 1 aromatic carbocycles. The highest BCUT2D eigenvalue weighted by atomic mass is 79.9. The topological polar surface area (TPSA) is 21.3 Å². The highest BCUT2D eigenvalue weighted by molar-refractivity contribution is 9.10. The van der Waals surface area contributed by atoms with Crippen molar-refractivity contribution in [1.82, 2.24) is 5.32 Å². The molecular formula is C12H15BrFNO. The zero-order valence-electron chi connectivity index (χ0n) is 9.17. The number of hydrogen-bond acceptors (Lipinski definition) is 2. The molecule has 1 aliphatic carbocycles. The summed E-state index contributed by atoms with van der Waals surface area (Å²) < 4.78 is 19.1. The van der Waals surface area contributed by atoms with Crippen LogP contribution in [0, 0.1) is 5.82 Å². The molecule has 0 aromatic heterocycles. The van der Waals surface area contributed by atoms with E-state index in [1.165, 1.54) is 18.9 Å². The van der Waals surface area contributed by atoms with Gasteiger partial charge in [-0.2, -0.15) is 0 Å². The van der Waals surface area contributed by atoms with E-state index in [1.54, 1.807) is 12.1 Å². The second-order valence-corrected chi connectivity index (χ2v) is 5.04. The maximum atomic E-state index is 13.0. The summed E-state index contributed by atoms with van der Waals surface area (Å²) in [5.74, 6) is 0.425. The highest BCUT2D eigenvalue weighted by Gasteiger charge is 2.21. The van der Waals surface area contributed by atoms with Crippen molar-refractivity contribution >= 4 is 15.9 Å². The molecule has 0 spiro atoms. The first-order valence-electron chi connectivity index (χ1n) is 5.50. The molecule has 0 aliphatic heterocycles. The van der Waals surface area contributed by atoms with Gasteiger partial charge in [0, 0.05) is 12.6 Å². The van der Waals surface area contributed by atoms with E-state index in [0.717, 1.165) is 6.54 Å². The van der Waals surface area contributed by atoms with Gasteiger partial charge in [-0.15, -0.1) is 0 Å². The average molecular weight is 288 g/mol. The van der Waals surface area contributed by atoms with Gasteiger partial charge in [-0.25, -0.2) is 4.39 Å². The summed E-state index contributed by atoms with van der Waals surface area (Å²) in [5.41, 5.74) is 0. The third-order valence-corrected chi connectivity index (χ3v) is 3.11. The number of hydrogen-bond donors (Lipinski definition) is 1. The van der Waals surface area contributed by atoms with Gasteiger partial charge in [0.25, 0.3) is 0 Å². The first kappa shape index (κ1) is 11.9. The number of benzene rings is 1. The largest absolute Gasteiger partial charge is 0.489 e. The molecule has 2 nitrogen and oxygen atoms in total. The number of rotatable bonds is 5. The zero-order chi connectivity index (χ0) is 11.5. The molecule has 1 unspecified atom stereocenters. The van der Waals surface area contributed by atoms with Crippen molar-refractivity contribution in [3.05, 3.63) is 28.5 Å². The van der Waals surface area contributed by atoms with Crippen LogP contribution in [0.2, 0.25) is 0 Å². The van der Waals surface area contributed by atoms with E-state index < -0.39 is 0 Å². The van der Waals surface area contributed by atoms with E-state index in [-0.39, 0.29) is 11.9 Å². The van der Waals surface area contributed by atoms with Crippen molar-refractivity contribution in [2.75, 3.05) is 6.54 Å². The molecule has 0 amide bonds. The molecule has 2 rings (SSSR count). The molecule has 0 heterocycles. The van der Waals surface area contributed by atoms with Gasteiger partial charge in [0.05, 0.1) is 4.47 Å². The van der Waals surface area contributed by atoms with Gasteiger partial charge in [0.2, 0.25) is 0 Å². The van der Waals surface area contributed by atoms with Crippen LogP contribution in [0.1, 0.15) is 19.8 Å². The lowest BCUT2D eigenvalue weighted by Crippen LogP contribution is -2.30. The molecule has 1 fully saturated rings. The molecular weight excluding hydrogens is 273 g/mol. The second kappa shape index (κ2) is 5.15. The Labute approximate surface area is 103 Å². The van der Waals surface area contributed by atoms with E-state index in [2.05, 4.69) is 21.2 Å². The van der Waals surface area contributed by atoms with Crippen molar-refractivity contribution < 1.29 is 9.13 Å². The Kier molecular flexibility index (Phi) is 3.82. The predicted molar refractivity (Wildman–Crippen MR) is 65.2 cm³/mol. The third-order valence-electron chi connectivity index (χ3n) is 2.50. The molecule has 0 bridgehead atoms. The van der Waals surface area contributed by atoms with Gasteiger partial charge in [-0.3, -0.25) is 0 Å². The lowest BCUT2D eigenvalue weighted by atomic mass is 10.3. The van der Waals surface area contributed by atoms with Crippen LogP contribution >= 0.6 is 15.9 Å². The summed E-state index contributed by atoms with van der Waals surface area (Å²) in [6.45, 7) is 2.84. The smallest absolute Gasteiger partial charge is 0.137 e. The predicted octanol–water partition coefficient (Wildman–Crippen LogP) is 3.11. The van der Waals surface area contributed by atoms with Gasteiger partial charge in [-0.1, -0.05) is 0 Å². The van der Waals surface area contributed by atoms with E-state index in [0.29, 0.717) is 16.3 Å². The highest BCUT2D eigenvalue weighted by Crippen LogP contribution is 2.23. The minimum absolute atomic E-state index is 0.0953. The Morgan fingerprint density at radius 1 is 1.56 bits per heavy atom. The fraction of sp³-hybridized carbons (Fsp3) is 0.500. The van der Waals surface area contributed by atoms with Crippen molar-refractivity contribution in [3.8, 4) is 5.75 Å². The maximum absolute atomic E-state index is 13.0. The van der Waals surface area contributed by atoms with Crippen LogP contribution in [0.5, 0.6) is 5.75 Å². The lowest BCUT2D eigenvalue weighted by Gasteiger charge is -2.15. The zero-order valence-corrected chi connectivity index (χ0v) is 10.8. The molecule has 1 atom stereocenters. The molecule has 0 saturated heterocycles. The maximum Gasteiger partial charge on any atom is 0.137 e. The molecule has 4 heteroatoms. The summed E-state index contributed by atoms with van der Waals surface area (Å²) in [6, 6.07) is 5.39. The van der Waals surface area contributed by atoms with E-state index in [4.69, 9.17) is 4.74 Å². The minimum Gasteiger partial charge on any atom is -0.489 e.